The summed E-state index contributed by atoms with van der Waals surface area (Å²) in [6, 6.07) is 8.91. The Kier molecular flexibility index (Phi) is 4.40. The first-order valence-corrected chi connectivity index (χ1v) is 8.95. The van der Waals surface area contributed by atoms with Gasteiger partial charge in [0.1, 0.15) is 0 Å². The number of thioether (sulfide) groups is 1. The van der Waals surface area contributed by atoms with Crippen LogP contribution in [0.5, 0.6) is 0 Å². The molecule has 2 heterocycles. The Morgan fingerprint density at radius 3 is 2.84 bits per heavy atom. The van der Waals surface area contributed by atoms with Crippen LogP contribution in [0.2, 0.25) is 0 Å². The Morgan fingerprint density at radius 2 is 2.05 bits per heavy atom. The molecule has 4 heteroatoms. The quantitative estimate of drug-likeness (QED) is 0.866. The topological polar surface area (TPSA) is 21.3 Å². The highest BCUT2D eigenvalue weighted by molar-refractivity contribution is 9.10. The second kappa shape index (κ2) is 6.06. The molecule has 1 N–H and O–H groups in total. The van der Waals surface area contributed by atoms with Crippen molar-refractivity contribution >= 4 is 33.4 Å². The molecule has 0 saturated carbocycles. The third-order valence-electron chi connectivity index (χ3n) is 4.13. The molecular formula is C15H20BrNOS. The van der Waals surface area contributed by atoms with E-state index in [-0.39, 0.29) is 5.60 Å². The number of rotatable bonds is 2. The van der Waals surface area contributed by atoms with Crippen molar-refractivity contribution in [3.63, 3.8) is 0 Å². The fourth-order valence-electron chi connectivity index (χ4n) is 3.04. The molecule has 0 amide bonds. The van der Waals surface area contributed by atoms with Gasteiger partial charge in [-0.1, -0.05) is 12.1 Å². The zero-order valence-electron chi connectivity index (χ0n) is 11.0. The molecule has 2 saturated heterocycles. The number of benzene rings is 1. The molecule has 0 aliphatic carbocycles. The molecule has 0 aromatic heterocycles. The highest BCUT2D eigenvalue weighted by Gasteiger charge is 2.38. The van der Waals surface area contributed by atoms with Crippen LogP contribution < -0.4 is 5.32 Å². The van der Waals surface area contributed by atoms with Crippen molar-refractivity contribution in [2.75, 3.05) is 23.4 Å². The normalized spacial score (nSPS) is 26.3. The second-order valence-electron chi connectivity index (χ2n) is 5.46. The van der Waals surface area contributed by atoms with Crippen LogP contribution in [0.4, 0.5) is 5.69 Å². The molecule has 104 valence electrons. The molecule has 1 aromatic rings. The van der Waals surface area contributed by atoms with Gasteiger partial charge in [0.2, 0.25) is 0 Å². The van der Waals surface area contributed by atoms with E-state index in [1.54, 1.807) is 0 Å². The van der Waals surface area contributed by atoms with Crippen LogP contribution >= 0.6 is 27.7 Å². The molecule has 1 spiro atoms. The van der Waals surface area contributed by atoms with Gasteiger partial charge >= 0.3 is 0 Å². The van der Waals surface area contributed by atoms with E-state index < -0.39 is 0 Å². The summed E-state index contributed by atoms with van der Waals surface area (Å²) in [5.41, 5.74) is 1.36. The minimum atomic E-state index is 0.155. The van der Waals surface area contributed by atoms with Crippen molar-refractivity contribution in [2.45, 2.75) is 37.3 Å². The van der Waals surface area contributed by atoms with Gasteiger partial charge in [0.15, 0.2) is 0 Å². The fraction of sp³-hybridized carbons (Fsp3) is 0.600. The van der Waals surface area contributed by atoms with Crippen LogP contribution in [0.25, 0.3) is 0 Å². The average Bonchev–Trinajstić information content (AvgIpc) is 2.42. The van der Waals surface area contributed by atoms with Crippen LogP contribution in [-0.4, -0.2) is 29.8 Å². The Morgan fingerprint density at radius 1 is 1.26 bits per heavy atom. The van der Waals surface area contributed by atoms with E-state index in [2.05, 4.69) is 57.3 Å². The number of nitrogens with one attached hydrogen (secondary N) is 1. The Hall–Kier alpha value is -0.190. The summed E-state index contributed by atoms with van der Waals surface area (Å²) in [7, 11) is 0. The van der Waals surface area contributed by atoms with Gasteiger partial charge in [0.25, 0.3) is 0 Å². The zero-order valence-corrected chi connectivity index (χ0v) is 13.4. The number of ether oxygens (including phenoxy) is 1. The van der Waals surface area contributed by atoms with Crippen LogP contribution in [0, 0.1) is 0 Å². The molecule has 1 atom stereocenters. The molecule has 2 aliphatic rings. The Labute approximate surface area is 127 Å². The first kappa shape index (κ1) is 13.8. The lowest BCUT2D eigenvalue weighted by Crippen LogP contribution is -2.46. The summed E-state index contributed by atoms with van der Waals surface area (Å²) >= 11 is 5.68. The number of para-hydroxylation sites is 1. The van der Waals surface area contributed by atoms with E-state index in [1.165, 1.54) is 30.0 Å². The molecule has 19 heavy (non-hydrogen) atoms. The maximum Gasteiger partial charge on any atom is 0.0717 e. The first-order chi connectivity index (χ1) is 9.27. The molecule has 2 aliphatic heterocycles. The minimum absolute atomic E-state index is 0.155. The van der Waals surface area contributed by atoms with E-state index in [0.29, 0.717) is 6.04 Å². The van der Waals surface area contributed by atoms with Gasteiger partial charge < -0.3 is 10.1 Å². The molecule has 1 unspecified atom stereocenters. The highest BCUT2D eigenvalue weighted by atomic mass is 79.9. The number of halogens is 1. The van der Waals surface area contributed by atoms with Crippen molar-refractivity contribution in [1.82, 2.24) is 0 Å². The minimum Gasteiger partial charge on any atom is -0.381 e. The van der Waals surface area contributed by atoms with Crippen LogP contribution in [0.3, 0.4) is 0 Å². The first-order valence-electron chi connectivity index (χ1n) is 7.00. The van der Waals surface area contributed by atoms with E-state index in [9.17, 15) is 0 Å². The van der Waals surface area contributed by atoms with Gasteiger partial charge in [0.05, 0.1) is 5.60 Å². The summed E-state index contributed by atoms with van der Waals surface area (Å²) in [5.74, 6) is 2.50. The van der Waals surface area contributed by atoms with E-state index >= 15 is 0 Å². The third kappa shape index (κ3) is 3.29. The Balaban J connectivity index is 1.67. The van der Waals surface area contributed by atoms with Crippen LogP contribution in [0.1, 0.15) is 25.7 Å². The SMILES string of the molecule is Brc1ccccc1NC1CCOC2(CCSCC2)C1. The Bertz CT molecular complexity index is 428. The zero-order chi connectivity index (χ0) is 13.1. The van der Waals surface area contributed by atoms with Crippen molar-refractivity contribution in [2.24, 2.45) is 0 Å². The predicted octanol–water partition coefficient (Wildman–Crippen LogP) is 4.31. The number of hydrogen-bond acceptors (Lipinski definition) is 3. The molecule has 3 rings (SSSR count). The van der Waals surface area contributed by atoms with E-state index in [0.717, 1.165) is 23.9 Å². The highest BCUT2D eigenvalue weighted by Crippen LogP contribution is 2.38. The largest absolute Gasteiger partial charge is 0.381 e. The van der Waals surface area contributed by atoms with Gasteiger partial charge in [-0.05, 0) is 65.3 Å². The smallest absolute Gasteiger partial charge is 0.0717 e. The lowest BCUT2D eigenvalue weighted by molar-refractivity contribution is -0.0865. The van der Waals surface area contributed by atoms with Gasteiger partial charge in [-0.3, -0.25) is 0 Å². The monoisotopic (exact) mass is 341 g/mol. The standard InChI is InChI=1S/C15H20BrNOS/c16-13-3-1-2-4-14(13)17-12-5-8-18-15(11-12)6-9-19-10-7-15/h1-4,12,17H,5-11H2. The summed E-state index contributed by atoms with van der Waals surface area (Å²) in [5, 5.41) is 3.69. The van der Waals surface area contributed by atoms with Crippen LogP contribution in [-0.2, 0) is 4.74 Å². The fourth-order valence-corrected chi connectivity index (χ4v) is 4.68. The van der Waals surface area contributed by atoms with Gasteiger partial charge in [0, 0.05) is 22.8 Å². The number of hydrogen-bond donors (Lipinski definition) is 1. The maximum atomic E-state index is 6.14. The van der Waals surface area contributed by atoms with Crippen molar-refractivity contribution in [3.8, 4) is 0 Å². The maximum absolute atomic E-state index is 6.14. The lowest BCUT2D eigenvalue weighted by Gasteiger charge is -2.43. The molecule has 1 aromatic carbocycles. The van der Waals surface area contributed by atoms with Crippen molar-refractivity contribution < 1.29 is 4.74 Å². The molecule has 2 nitrogen and oxygen atoms in total. The molecule has 2 fully saturated rings. The van der Waals surface area contributed by atoms with Crippen molar-refractivity contribution in [1.29, 1.82) is 0 Å². The average molecular weight is 342 g/mol. The van der Waals surface area contributed by atoms with Crippen LogP contribution in [0.15, 0.2) is 28.7 Å². The van der Waals surface area contributed by atoms with Gasteiger partial charge in [-0.2, -0.15) is 11.8 Å². The summed E-state index contributed by atoms with van der Waals surface area (Å²) < 4.78 is 7.29. The third-order valence-corrected chi connectivity index (χ3v) is 5.81. The second-order valence-corrected chi connectivity index (χ2v) is 7.54. The van der Waals surface area contributed by atoms with Gasteiger partial charge in [-0.25, -0.2) is 0 Å². The molecular weight excluding hydrogens is 322 g/mol. The van der Waals surface area contributed by atoms with E-state index in [1.807, 2.05) is 0 Å². The summed E-state index contributed by atoms with van der Waals surface area (Å²) in [6.07, 6.45) is 4.68. The summed E-state index contributed by atoms with van der Waals surface area (Å²) in [6.45, 7) is 0.896. The lowest BCUT2D eigenvalue weighted by atomic mass is 9.85. The number of anilines is 1. The summed E-state index contributed by atoms with van der Waals surface area (Å²) in [4.78, 5) is 0. The van der Waals surface area contributed by atoms with E-state index in [4.69, 9.17) is 4.74 Å². The molecule has 0 bridgehead atoms. The van der Waals surface area contributed by atoms with Gasteiger partial charge in [-0.15, -0.1) is 0 Å². The predicted molar refractivity (Wildman–Crippen MR) is 86.0 cm³/mol. The molecule has 0 radical (unpaired) electrons. The van der Waals surface area contributed by atoms with Crippen molar-refractivity contribution in [3.05, 3.63) is 28.7 Å².